The summed E-state index contributed by atoms with van der Waals surface area (Å²) < 4.78 is 7.97. The molecule has 0 aromatic carbocycles. The molecule has 0 bridgehead atoms. The number of hydrogen-bond acceptors (Lipinski definition) is 5. The van der Waals surface area contributed by atoms with Gasteiger partial charge in [-0.05, 0) is 12.8 Å². The van der Waals surface area contributed by atoms with Crippen molar-refractivity contribution in [2.75, 3.05) is 6.61 Å². The second kappa shape index (κ2) is 5.81. The molecular formula is C13H18N4OS. The summed E-state index contributed by atoms with van der Waals surface area (Å²) in [6.07, 6.45) is 7.97. The van der Waals surface area contributed by atoms with Crippen LogP contribution in [-0.2, 0) is 18.3 Å². The molecule has 1 N–H and O–H groups in total. The maximum Gasteiger partial charge on any atom is 0.139 e. The van der Waals surface area contributed by atoms with Crippen molar-refractivity contribution >= 4 is 11.3 Å². The van der Waals surface area contributed by atoms with E-state index < -0.39 is 0 Å². The van der Waals surface area contributed by atoms with Gasteiger partial charge in [-0.15, -0.1) is 11.3 Å². The van der Waals surface area contributed by atoms with Gasteiger partial charge >= 0.3 is 0 Å². The molecule has 0 amide bonds. The van der Waals surface area contributed by atoms with Gasteiger partial charge in [0.25, 0.3) is 0 Å². The topological polar surface area (TPSA) is 52.0 Å². The molecule has 1 aliphatic heterocycles. The van der Waals surface area contributed by atoms with Crippen LogP contribution in [0.3, 0.4) is 0 Å². The highest BCUT2D eigenvalue weighted by Gasteiger charge is 2.29. The van der Waals surface area contributed by atoms with Crippen molar-refractivity contribution < 1.29 is 4.74 Å². The van der Waals surface area contributed by atoms with E-state index in [1.165, 1.54) is 4.88 Å². The third kappa shape index (κ3) is 2.86. The van der Waals surface area contributed by atoms with E-state index in [1.54, 1.807) is 11.3 Å². The van der Waals surface area contributed by atoms with Crippen LogP contribution < -0.4 is 5.32 Å². The van der Waals surface area contributed by atoms with Gasteiger partial charge in [0.15, 0.2) is 0 Å². The van der Waals surface area contributed by atoms with Gasteiger partial charge in [0, 0.05) is 49.7 Å². The maximum atomic E-state index is 5.93. The average Bonchev–Trinajstić information content (AvgIpc) is 3.08. The monoisotopic (exact) mass is 278 g/mol. The fourth-order valence-corrected chi connectivity index (χ4v) is 3.00. The number of nitrogens with one attached hydrogen (secondary N) is 1. The maximum absolute atomic E-state index is 5.93. The SMILES string of the molecule is Cn1ccnc1[C@H]1OCCC[C@@H]1NCc1cncs1. The van der Waals surface area contributed by atoms with Crippen LogP contribution >= 0.6 is 11.3 Å². The first-order chi connectivity index (χ1) is 9.34. The normalized spacial score (nSPS) is 23.6. The van der Waals surface area contributed by atoms with Crippen molar-refractivity contribution in [3.63, 3.8) is 0 Å². The van der Waals surface area contributed by atoms with Crippen LogP contribution in [0.5, 0.6) is 0 Å². The van der Waals surface area contributed by atoms with E-state index in [9.17, 15) is 0 Å². The third-order valence-corrected chi connectivity index (χ3v) is 4.24. The molecule has 1 fully saturated rings. The first kappa shape index (κ1) is 12.8. The Balaban J connectivity index is 1.69. The van der Waals surface area contributed by atoms with Gasteiger partial charge in [0.1, 0.15) is 11.9 Å². The molecule has 2 aromatic rings. The lowest BCUT2D eigenvalue weighted by Gasteiger charge is -2.32. The smallest absolute Gasteiger partial charge is 0.139 e. The Bertz CT molecular complexity index is 510. The van der Waals surface area contributed by atoms with Crippen LogP contribution in [0.25, 0.3) is 0 Å². The molecule has 0 unspecified atom stereocenters. The Kier molecular flexibility index (Phi) is 3.91. The quantitative estimate of drug-likeness (QED) is 0.928. The first-order valence-electron chi connectivity index (χ1n) is 6.54. The highest BCUT2D eigenvalue weighted by atomic mass is 32.1. The van der Waals surface area contributed by atoms with Crippen LogP contribution in [0.4, 0.5) is 0 Å². The Morgan fingerprint density at radius 2 is 2.53 bits per heavy atom. The highest BCUT2D eigenvalue weighted by Crippen LogP contribution is 2.27. The molecule has 1 saturated heterocycles. The second-order valence-corrected chi connectivity index (χ2v) is 5.76. The zero-order chi connectivity index (χ0) is 13.1. The summed E-state index contributed by atoms with van der Waals surface area (Å²) in [5.41, 5.74) is 1.87. The van der Waals surface area contributed by atoms with Crippen molar-refractivity contribution in [3.05, 3.63) is 34.8 Å². The zero-order valence-electron chi connectivity index (χ0n) is 11.0. The molecule has 2 aromatic heterocycles. The molecule has 2 atom stereocenters. The molecule has 3 rings (SSSR count). The van der Waals surface area contributed by atoms with Crippen molar-refractivity contribution in [2.24, 2.45) is 7.05 Å². The van der Waals surface area contributed by atoms with Crippen LogP contribution in [0.15, 0.2) is 24.1 Å². The largest absolute Gasteiger partial charge is 0.369 e. The van der Waals surface area contributed by atoms with Crippen molar-refractivity contribution in [3.8, 4) is 0 Å². The fourth-order valence-electron chi connectivity index (χ4n) is 2.46. The first-order valence-corrected chi connectivity index (χ1v) is 7.42. The number of rotatable bonds is 4. The van der Waals surface area contributed by atoms with Gasteiger partial charge in [0.05, 0.1) is 5.51 Å². The molecule has 102 valence electrons. The van der Waals surface area contributed by atoms with Gasteiger partial charge < -0.3 is 14.6 Å². The standard InChI is InChI=1S/C13H18N4OS/c1-17-5-4-15-13(17)12-11(3-2-6-18-12)16-8-10-7-14-9-19-10/h4-5,7,9,11-12,16H,2-3,6,8H2,1H3/t11-,12-/m0/s1. The number of aromatic nitrogens is 3. The molecule has 0 saturated carbocycles. The Morgan fingerprint density at radius 3 is 3.26 bits per heavy atom. The third-order valence-electron chi connectivity index (χ3n) is 3.46. The Hall–Kier alpha value is -1.24. The van der Waals surface area contributed by atoms with Crippen molar-refractivity contribution in [1.29, 1.82) is 0 Å². The van der Waals surface area contributed by atoms with E-state index >= 15 is 0 Å². The number of aryl methyl sites for hydroxylation is 1. The van der Waals surface area contributed by atoms with Gasteiger partial charge in [-0.2, -0.15) is 0 Å². The minimum absolute atomic E-state index is 0.0432. The van der Waals surface area contributed by atoms with E-state index in [4.69, 9.17) is 4.74 Å². The summed E-state index contributed by atoms with van der Waals surface area (Å²) in [7, 11) is 2.01. The minimum Gasteiger partial charge on any atom is -0.369 e. The van der Waals surface area contributed by atoms with E-state index in [-0.39, 0.29) is 6.10 Å². The summed E-state index contributed by atoms with van der Waals surface area (Å²) in [6.45, 7) is 1.66. The molecule has 1 aliphatic rings. The summed E-state index contributed by atoms with van der Waals surface area (Å²) in [4.78, 5) is 9.78. The average molecular weight is 278 g/mol. The van der Waals surface area contributed by atoms with Crippen LogP contribution in [0, 0.1) is 0 Å². The minimum atomic E-state index is 0.0432. The van der Waals surface area contributed by atoms with Crippen LogP contribution in [0.2, 0.25) is 0 Å². The second-order valence-electron chi connectivity index (χ2n) is 4.79. The number of thiazole rings is 1. The zero-order valence-corrected chi connectivity index (χ0v) is 11.8. The predicted molar refractivity (Wildman–Crippen MR) is 73.9 cm³/mol. The lowest BCUT2D eigenvalue weighted by Crippen LogP contribution is -2.40. The number of hydrogen-bond donors (Lipinski definition) is 1. The van der Waals surface area contributed by atoms with Gasteiger partial charge in [-0.3, -0.25) is 4.98 Å². The number of nitrogens with zero attached hydrogens (tertiary/aromatic N) is 3. The predicted octanol–water partition coefficient (Wildman–Crippen LogP) is 1.89. The highest BCUT2D eigenvalue weighted by molar-refractivity contribution is 7.09. The van der Waals surface area contributed by atoms with E-state index in [0.29, 0.717) is 6.04 Å². The van der Waals surface area contributed by atoms with Crippen molar-refractivity contribution in [1.82, 2.24) is 19.9 Å². The lowest BCUT2D eigenvalue weighted by molar-refractivity contribution is -0.0177. The van der Waals surface area contributed by atoms with Gasteiger partial charge in [-0.25, -0.2) is 4.98 Å². The van der Waals surface area contributed by atoms with E-state index in [2.05, 4.69) is 15.3 Å². The van der Waals surface area contributed by atoms with Crippen molar-refractivity contribution in [2.45, 2.75) is 31.5 Å². The molecular weight excluding hydrogens is 260 g/mol. The molecule has 19 heavy (non-hydrogen) atoms. The van der Waals surface area contributed by atoms with E-state index in [1.807, 2.05) is 35.7 Å². The van der Waals surface area contributed by atoms with Crippen LogP contribution in [-0.4, -0.2) is 27.2 Å². The molecule has 6 heteroatoms. The van der Waals surface area contributed by atoms with E-state index in [0.717, 1.165) is 31.8 Å². The Morgan fingerprint density at radius 1 is 1.58 bits per heavy atom. The van der Waals surface area contributed by atoms with Gasteiger partial charge in [-0.1, -0.05) is 0 Å². The molecule has 3 heterocycles. The van der Waals surface area contributed by atoms with Gasteiger partial charge in [0.2, 0.25) is 0 Å². The molecule has 5 nitrogen and oxygen atoms in total. The number of ether oxygens (including phenoxy) is 1. The summed E-state index contributed by atoms with van der Waals surface area (Å²) in [5.74, 6) is 1.00. The summed E-state index contributed by atoms with van der Waals surface area (Å²) >= 11 is 1.68. The number of imidazole rings is 1. The summed E-state index contributed by atoms with van der Waals surface area (Å²) in [5, 5.41) is 3.58. The lowest BCUT2D eigenvalue weighted by atomic mass is 10.0. The van der Waals surface area contributed by atoms with Crippen LogP contribution in [0.1, 0.15) is 29.6 Å². The summed E-state index contributed by atoms with van der Waals surface area (Å²) in [6, 6.07) is 0.317. The molecule has 0 aliphatic carbocycles. The molecule has 0 radical (unpaired) electrons. The fraction of sp³-hybridized carbons (Fsp3) is 0.538. The molecule has 0 spiro atoms. The Labute approximate surface area is 116 Å².